The maximum Gasteiger partial charge on any atom is 0.232 e. The van der Waals surface area contributed by atoms with Crippen LogP contribution in [0.15, 0.2) is 48.5 Å². The highest BCUT2D eigenvalue weighted by atomic mass is 35.5. The van der Waals surface area contributed by atoms with Gasteiger partial charge in [0, 0.05) is 63.2 Å². The van der Waals surface area contributed by atoms with Crippen molar-refractivity contribution in [2.45, 2.75) is 38.5 Å². The summed E-state index contributed by atoms with van der Waals surface area (Å²) >= 11 is 6.09. The molecule has 1 saturated carbocycles. The zero-order valence-electron chi connectivity index (χ0n) is 24.7. The van der Waals surface area contributed by atoms with Gasteiger partial charge in [-0.25, -0.2) is 8.42 Å². The van der Waals surface area contributed by atoms with Gasteiger partial charge in [0.05, 0.1) is 23.5 Å². The third-order valence-electron chi connectivity index (χ3n) is 8.85. The van der Waals surface area contributed by atoms with Crippen molar-refractivity contribution in [1.82, 2.24) is 9.80 Å². The summed E-state index contributed by atoms with van der Waals surface area (Å²) in [5.74, 6) is -0.231. The summed E-state index contributed by atoms with van der Waals surface area (Å²) in [5, 5.41) is 0.615. The van der Waals surface area contributed by atoms with Gasteiger partial charge in [-0.2, -0.15) is 0 Å². The lowest BCUT2D eigenvalue weighted by Crippen LogP contribution is -2.51. The fourth-order valence-corrected chi connectivity index (χ4v) is 7.21. The first-order valence-corrected chi connectivity index (χ1v) is 17.4. The number of carbonyl (C=O) groups excluding carboxylic acids is 3. The van der Waals surface area contributed by atoms with Crippen LogP contribution in [0.5, 0.6) is 0 Å². The lowest BCUT2D eigenvalue weighted by Gasteiger charge is -2.39. The molecule has 0 unspecified atom stereocenters. The van der Waals surface area contributed by atoms with Crippen LogP contribution in [0.25, 0.3) is 0 Å². The van der Waals surface area contributed by atoms with Crippen LogP contribution >= 0.6 is 11.6 Å². The zero-order chi connectivity index (χ0) is 30.6. The molecular formula is C32H41ClN4O5S. The van der Waals surface area contributed by atoms with Crippen LogP contribution in [0.2, 0.25) is 5.02 Å². The average molecular weight is 629 g/mol. The minimum atomic E-state index is -3.45. The quantitative estimate of drug-likeness (QED) is 0.351. The Morgan fingerprint density at radius 3 is 2.19 bits per heavy atom. The van der Waals surface area contributed by atoms with E-state index in [0.717, 1.165) is 30.4 Å². The molecule has 0 N–H and O–H groups in total. The van der Waals surface area contributed by atoms with E-state index in [4.69, 9.17) is 11.6 Å². The number of amides is 2. The first-order valence-electron chi connectivity index (χ1n) is 15.2. The molecule has 1 atom stereocenters. The van der Waals surface area contributed by atoms with E-state index in [-0.39, 0.29) is 24.2 Å². The SMILES string of the molecule is CS(=O)(=O)N(CC1CC1)c1ccccc1N1CCN(C(=O)[C@H](CC(=O)N2CCC(C=O)CC2)Cc2ccc(Cl)cc2)CC1. The maximum absolute atomic E-state index is 13.9. The molecule has 2 aromatic rings. The van der Waals surface area contributed by atoms with Gasteiger partial charge in [0.1, 0.15) is 6.29 Å². The predicted molar refractivity (Wildman–Crippen MR) is 169 cm³/mol. The summed E-state index contributed by atoms with van der Waals surface area (Å²) in [4.78, 5) is 44.2. The van der Waals surface area contributed by atoms with E-state index in [1.165, 1.54) is 10.6 Å². The number of likely N-dealkylation sites (tertiary alicyclic amines) is 1. The van der Waals surface area contributed by atoms with Gasteiger partial charge in [-0.15, -0.1) is 0 Å². The highest BCUT2D eigenvalue weighted by molar-refractivity contribution is 7.92. The first-order chi connectivity index (χ1) is 20.6. The topological polar surface area (TPSA) is 98.3 Å². The number of hydrogen-bond donors (Lipinski definition) is 0. The number of benzene rings is 2. The van der Waals surface area contributed by atoms with E-state index in [1.807, 2.05) is 41.3 Å². The molecule has 2 amide bonds. The normalized spacial score (nSPS) is 18.8. The molecule has 232 valence electrons. The molecule has 0 spiro atoms. The third-order valence-corrected chi connectivity index (χ3v) is 10.3. The molecule has 2 aromatic carbocycles. The van der Waals surface area contributed by atoms with Crippen molar-refractivity contribution >= 4 is 51.1 Å². The predicted octanol–water partition coefficient (Wildman–Crippen LogP) is 3.85. The molecule has 2 saturated heterocycles. The molecule has 43 heavy (non-hydrogen) atoms. The Morgan fingerprint density at radius 1 is 0.930 bits per heavy atom. The molecule has 2 heterocycles. The van der Waals surface area contributed by atoms with Gasteiger partial charge < -0.3 is 19.5 Å². The van der Waals surface area contributed by atoms with Crippen molar-refractivity contribution in [3.63, 3.8) is 0 Å². The number of aldehydes is 1. The Balaban J connectivity index is 1.28. The van der Waals surface area contributed by atoms with Crippen LogP contribution in [-0.2, 0) is 30.8 Å². The van der Waals surface area contributed by atoms with Crippen molar-refractivity contribution in [2.75, 3.05) is 61.3 Å². The Hall–Kier alpha value is -3.11. The van der Waals surface area contributed by atoms with Crippen molar-refractivity contribution < 1.29 is 22.8 Å². The average Bonchev–Trinajstić information content (AvgIpc) is 3.84. The standard InChI is InChI=1S/C32H41ClN4O5S/c1-43(41,42)37(22-25-6-7-25)30-5-3-2-4-29(30)34-16-18-36(19-17-34)32(40)27(20-24-8-10-28(33)11-9-24)21-31(39)35-14-12-26(23-38)13-15-35/h2-5,8-11,23,25-27H,6-7,12-22H2,1H3/t27-/m0/s1. The lowest BCUT2D eigenvalue weighted by molar-refractivity contribution is -0.142. The number of sulfonamides is 1. The monoisotopic (exact) mass is 628 g/mol. The second-order valence-corrected chi connectivity index (χ2v) is 14.5. The second-order valence-electron chi connectivity index (χ2n) is 12.1. The van der Waals surface area contributed by atoms with Gasteiger partial charge >= 0.3 is 0 Å². The molecule has 3 aliphatic rings. The van der Waals surface area contributed by atoms with Gasteiger partial charge in [-0.3, -0.25) is 13.9 Å². The van der Waals surface area contributed by atoms with Crippen LogP contribution in [0, 0.1) is 17.8 Å². The number of halogens is 1. The smallest absolute Gasteiger partial charge is 0.232 e. The molecular weight excluding hydrogens is 588 g/mol. The molecule has 0 radical (unpaired) electrons. The summed E-state index contributed by atoms with van der Waals surface area (Å²) in [6, 6.07) is 15.0. The number of anilines is 2. The van der Waals surface area contributed by atoms with Gasteiger partial charge in [0.25, 0.3) is 0 Å². The summed E-state index contributed by atoms with van der Waals surface area (Å²) in [7, 11) is -3.45. The molecule has 11 heteroatoms. The number of nitrogens with zero attached hydrogens (tertiary/aromatic N) is 4. The molecule has 5 rings (SSSR count). The molecule has 3 fully saturated rings. The number of piperazine rings is 1. The van der Waals surface area contributed by atoms with E-state index < -0.39 is 15.9 Å². The molecule has 0 bridgehead atoms. The van der Waals surface area contributed by atoms with E-state index in [2.05, 4.69) is 4.90 Å². The van der Waals surface area contributed by atoms with Gasteiger partial charge in [-0.1, -0.05) is 35.9 Å². The van der Waals surface area contributed by atoms with Crippen molar-refractivity contribution in [2.24, 2.45) is 17.8 Å². The van der Waals surface area contributed by atoms with Crippen LogP contribution in [-0.4, -0.2) is 88.4 Å². The van der Waals surface area contributed by atoms with Crippen LogP contribution < -0.4 is 9.21 Å². The maximum atomic E-state index is 13.9. The minimum Gasteiger partial charge on any atom is -0.366 e. The Labute approximate surface area is 259 Å². The minimum absolute atomic E-state index is 0.00445. The Bertz CT molecular complexity index is 1400. The highest BCUT2D eigenvalue weighted by Gasteiger charge is 2.34. The van der Waals surface area contributed by atoms with Crippen molar-refractivity contribution in [1.29, 1.82) is 0 Å². The Kier molecular flexibility index (Phi) is 9.96. The van der Waals surface area contributed by atoms with Gasteiger partial charge in [0.15, 0.2) is 0 Å². The number of carbonyl (C=O) groups is 3. The zero-order valence-corrected chi connectivity index (χ0v) is 26.3. The number of rotatable bonds is 11. The lowest BCUT2D eigenvalue weighted by atomic mass is 9.92. The number of piperidine rings is 1. The van der Waals surface area contributed by atoms with Gasteiger partial charge in [-0.05, 0) is 67.9 Å². The van der Waals surface area contributed by atoms with E-state index >= 15 is 0 Å². The number of para-hydroxylation sites is 2. The van der Waals surface area contributed by atoms with E-state index in [0.29, 0.717) is 81.7 Å². The summed E-state index contributed by atoms with van der Waals surface area (Å²) in [6.45, 7) is 3.63. The van der Waals surface area contributed by atoms with Crippen LogP contribution in [0.4, 0.5) is 11.4 Å². The Morgan fingerprint density at radius 2 is 1.58 bits per heavy atom. The van der Waals surface area contributed by atoms with Crippen molar-refractivity contribution in [3.05, 3.63) is 59.1 Å². The molecule has 2 aliphatic heterocycles. The fourth-order valence-electron chi connectivity index (χ4n) is 6.09. The second kappa shape index (κ2) is 13.7. The summed E-state index contributed by atoms with van der Waals surface area (Å²) in [5.41, 5.74) is 2.48. The van der Waals surface area contributed by atoms with E-state index in [9.17, 15) is 22.8 Å². The largest absolute Gasteiger partial charge is 0.366 e. The molecule has 0 aromatic heterocycles. The summed E-state index contributed by atoms with van der Waals surface area (Å²) in [6.07, 6.45) is 6.18. The van der Waals surface area contributed by atoms with E-state index in [1.54, 1.807) is 17.0 Å². The van der Waals surface area contributed by atoms with Gasteiger partial charge in [0.2, 0.25) is 21.8 Å². The van der Waals surface area contributed by atoms with Crippen LogP contribution in [0.1, 0.15) is 37.7 Å². The first kappa shape index (κ1) is 31.3. The highest BCUT2D eigenvalue weighted by Crippen LogP contribution is 2.37. The number of hydrogen-bond acceptors (Lipinski definition) is 6. The van der Waals surface area contributed by atoms with Crippen LogP contribution in [0.3, 0.4) is 0 Å². The summed E-state index contributed by atoms with van der Waals surface area (Å²) < 4.78 is 27.0. The molecule has 9 nitrogen and oxygen atoms in total. The third kappa shape index (κ3) is 8.09. The molecule has 1 aliphatic carbocycles. The van der Waals surface area contributed by atoms with Crippen molar-refractivity contribution in [3.8, 4) is 0 Å². The fraction of sp³-hybridized carbons (Fsp3) is 0.531.